The van der Waals surface area contributed by atoms with Gasteiger partial charge in [0.15, 0.2) is 0 Å². The number of ether oxygens (including phenoxy) is 1. The monoisotopic (exact) mass is 310 g/mol. The predicted molar refractivity (Wildman–Crippen MR) is 75.5 cm³/mol. The van der Waals surface area contributed by atoms with Gasteiger partial charge in [0.1, 0.15) is 5.60 Å². The maximum atomic E-state index is 11.7. The van der Waals surface area contributed by atoms with Gasteiger partial charge in [-0.3, -0.25) is 4.79 Å². The van der Waals surface area contributed by atoms with E-state index in [1.807, 2.05) is 20.8 Å². The molecule has 1 aliphatic rings. The molecule has 1 aromatic carbocycles. The zero-order chi connectivity index (χ0) is 13.3. The zero-order valence-electron chi connectivity index (χ0n) is 11.1. The Morgan fingerprint density at radius 2 is 1.94 bits per heavy atom. The van der Waals surface area contributed by atoms with E-state index < -0.39 is 0 Å². The van der Waals surface area contributed by atoms with Crippen molar-refractivity contribution >= 4 is 21.9 Å². The molecule has 0 aliphatic heterocycles. The van der Waals surface area contributed by atoms with Gasteiger partial charge in [-0.1, -0.05) is 28.1 Å². The Balaban J connectivity index is 1.85. The van der Waals surface area contributed by atoms with E-state index in [1.165, 1.54) is 5.56 Å². The van der Waals surface area contributed by atoms with E-state index >= 15 is 0 Å². The first-order valence-electron chi connectivity index (χ1n) is 6.32. The smallest absolute Gasteiger partial charge is 0.306 e. The maximum Gasteiger partial charge on any atom is 0.306 e. The highest BCUT2D eigenvalue weighted by Gasteiger charge is 2.40. The van der Waals surface area contributed by atoms with Crippen LogP contribution in [0.3, 0.4) is 0 Å². The number of carbonyl (C=O) groups excluding carboxylic acids is 1. The third-order valence-corrected chi connectivity index (χ3v) is 3.60. The van der Waals surface area contributed by atoms with Gasteiger partial charge >= 0.3 is 5.97 Å². The number of carbonyl (C=O) groups is 1. The number of esters is 1. The van der Waals surface area contributed by atoms with Gasteiger partial charge in [0.25, 0.3) is 0 Å². The van der Waals surface area contributed by atoms with Crippen LogP contribution in [-0.4, -0.2) is 11.6 Å². The lowest BCUT2D eigenvalue weighted by Gasteiger charge is -2.19. The molecule has 0 amide bonds. The number of halogens is 1. The molecule has 1 aliphatic carbocycles. The molecule has 2 atom stereocenters. The molecular weight excluding hydrogens is 292 g/mol. The molecule has 0 N–H and O–H groups in total. The van der Waals surface area contributed by atoms with E-state index in [9.17, 15) is 4.79 Å². The lowest BCUT2D eigenvalue weighted by Crippen LogP contribution is -2.24. The van der Waals surface area contributed by atoms with E-state index in [0.717, 1.165) is 10.9 Å². The molecule has 0 saturated heterocycles. The van der Waals surface area contributed by atoms with Gasteiger partial charge in [-0.05, 0) is 56.7 Å². The second-order valence-corrected chi connectivity index (χ2v) is 6.86. The Labute approximate surface area is 117 Å². The van der Waals surface area contributed by atoms with Gasteiger partial charge in [-0.15, -0.1) is 0 Å². The molecule has 1 saturated carbocycles. The van der Waals surface area contributed by atoms with Gasteiger partial charge in [0, 0.05) is 10.9 Å². The largest absolute Gasteiger partial charge is 0.460 e. The summed E-state index contributed by atoms with van der Waals surface area (Å²) in [7, 11) is 0. The summed E-state index contributed by atoms with van der Waals surface area (Å²) in [6.07, 6.45) is 1.64. The first-order chi connectivity index (χ1) is 8.35. The second-order valence-electron chi connectivity index (χ2n) is 5.94. The summed E-state index contributed by atoms with van der Waals surface area (Å²) in [4.78, 5) is 11.7. The van der Waals surface area contributed by atoms with Gasteiger partial charge in [-0.25, -0.2) is 0 Å². The van der Waals surface area contributed by atoms with Crippen LogP contribution in [0.15, 0.2) is 28.7 Å². The van der Waals surface area contributed by atoms with Gasteiger partial charge < -0.3 is 4.74 Å². The normalized spacial score (nSPS) is 22.7. The average Bonchev–Trinajstić information content (AvgIpc) is 2.95. The quantitative estimate of drug-likeness (QED) is 0.779. The molecule has 18 heavy (non-hydrogen) atoms. The van der Waals surface area contributed by atoms with E-state index in [2.05, 4.69) is 40.2 Å². The van der Waals surface area contributed by atoms with Crippen molar-refractivity contribution in [3.63, 3.8) is 0 Å². The molecule has 98 valence electrons. The molecule has 3 heteroatoms. The van der Waals surface area contributed by atoms with Crippen molar-refractivity contribution in [3.05, 3.63) is 34.3 Å². The van der Waals surface area contributed by atoms with Crippen LogP contribution in [0.1, 0.15) is 45.1 Å². The van der Waals surface area contributed by atoms with Crippen molar-refractivity contribution in [2.45, 2.75) is 45.1 Å². The van der Waals surface area contributed by atoms with Crippen molar-refractivity contribution < 1.29 is 9.53 Å². The minimum Gasteiger partial charge on any atom is -0.460 e. The molecule has 0 aromatic heterocycles. The third-order valence-electron chi connectivity index (χ3n) is 3.07. The van der Waals surface area contributed by atoms with Crippen molar-refractivity contribution in [1.82, 2.24) is 0 Å². The number of hydrogen-bond acceptors (Lipinski definition) is 2. The predicted octanol–water partition coefficient (Wildman–Crippen LogP) is 4.28. The first kappa shape index (κ1) is 13.6. The SMILES string of the molecule is CC(C)(C)OC(=O)C[C@H]1CC1c1ccc(Br)cc1. The minimum atomic E-state index is -0.376. The lowest BCUT2D eigenvalue weighted by molar-refractivity contribution is -0.155. The van der Waals surface area contributed by atoms with Crippen LogP contribution in [0.2, 0.25) is 0 Å². The van der Waals surface area contributed by atoms with Crippen LogP contribution in [0.4, 0.5) is 0 Å². The summed E-state index contributed by atoms with van der Waals surface area (Å²) in [6, 6.07) is 8.37. The van der Waals surface area contributed by atoms with E-state index in [-0.39, 0.29) is 11.6 Å². The molecule has 2 nitrogen and oxygen atoms in total. The summed E-state index contributed by atoms with van der Waals surface area (Å²) < 4.78 is 6.44. The Bertz CT molecular complexity index is 431. The Morgan fingerprint density at radius 3 is 2.50 bits per heavy atom. The minimum absolute atomic E-state index is 0.0767. The Morgan fingerprint density at radius 1 is 1.33 bits per heavy atom. The first-order valence-corrected chi connectivity index (χ1v) is 7.12. The van der Waals surface area contributed by atoms with Crippen LogP contribution in [0.5, 0.6) is 0 Å². The fourth-order valence-electron chi connectivity index (χ4n) is 2.19. The maximum absolute atomic E-state index is 11.7. The molecule has 0 bridgehead atoms. The molecule has 0 radical (unpaired) electrons. The van der Waals surface area contributed by atoms with Crippen molar-refractivity contribution in [2.24, 2.45) is 5.92 Å². The molecule has 0 spiro atoms. The summed E-state index contributed by atoms with van der Waals surface area (Å²) >= 11 is 3.43. The fraction of sp³-hybridized carbons (Fsp3) is 0.533. The molecule has 2 rings (SSSR count). The number of benzene rings is 1. The summed E-state index contributed by atoms with van der Waals surface area (Å²) in [6.45, 7) is 5.72. The van der Waals surface area contributed by atoms with Gasteiger partial charge in [0.2, 0.25) is 0 Å². The molecule has 1 unspecified atom stereocenters. The van der Waals surface area contributed by atoms with E-state index in [4.69, 9.17) is 4.74 Å². The highest BCUT2D eigenvalue weighted by molar-refractivity contribution is 9.10. The van der Waals surface area contributed by atoms with Crippen LogP contribution < -0.4 is 0 Å². The summed E-state index contributed by atoms with van der Waals surface area (Å²) in [5, 5.41) is 0. The third kappa shape index (κ3) is 3.84. The molecular formula is C15H19BrO2. The summed E-state index contributed by atoms with van der Waals surface area (Å²) in [5.74, 6) is 0.916. The highest BCUT2D eigenvalue weighted by atomic mass is 79.9. The fourth-order valence-corrected chi connectivity index (χ4v) is 2.45. The molecule has 1 fully saturated rings. The standard InChI is InChI=1S/C15H19BrO2/c1-15(2,3)18-14(17)9-11-8-13(11)10-4-6-12(16)7-5-10/h4-7,11,13H,8-9H2,1-3H3/t11-,13?/m1/s1. The second kappa shape index (κ2) is 5.04. The van der Waals surface area contributed by atoms with Crippen LogP contribution in [0.25, 0.3) is 0 Å². The van der Waals surface area contributed by atoms with Gasteiger partial charge in [-0.2, -0.15) is 0 Å². The van der Waals surface area contributed by atoms with Crippen LogP contribution in [0, 0.1) is 5.92 Å². The lowest BCUT2D eigenvalue weighted by atomic mass is 10.1. The average molecular weight is 311 g/mol. The van der Waals surface area contributed by atoms with E-state index in [0.29, 0.717) is 18.3 Å². The van der Waals surface area contributed by atoms with E-state index in [1.54, 1.807) is 0 Å². The van der Waals surface area contributed by atoms with Gasteiger partial charge in [0.05, 0.1) is 0 Å². The summed E-state index contributed by atoms with van der Waals surface area (Å²) in [5.41, 5.74) is 0.950. The van der Waals surface area contributed by atoms with Crippen molar-refractivity contribution in [1.29, 1.82) is 0 Å². The number of hydrogen-bond donors (Lipinski definition) is 0. The molecule has 1 aromatic rings. The topological polar surface area (TPSA) is 26.3 Å². The molecule has 0 heterocycles. The Hall–Kier alpha value is -0.830. The van der Waals surface area contributed by atoms with Crippen LogP contribution >= 0.6 is 15.9 Å². The van der Waals surface area contributed by atoms with Crippen molar-refractivity contribution in [2.75, 3.05) is 0 Å². The number of rotatable bonds is 3. The highest BCUT2D eigenvalue weighted by Crippen LogP contribution is 2.49. The Kier molecular flexibility index (Phi) is 3.81. The zero-order valence-corrected chi connectivity index (χ0v) is 12.7. The van der Waals surface area contributed by atoms with Crippen LogP contribution in [-0.2, 0) is 9.53 Å². The van der Waals surface area contributed by atoms with Crippen molar-refractivity contribution in [3.8, 4) is 0 Å².